The van der Waals surface area contributed by atoms with Crippen molar-refractivity contribution in [2.45, 2.75) is 56.6 Å². The number of aromatic nitrogens is 2. The molecule has 1 aromatic heterocycles. The van der Waals surface area contributed by atoms with Crippen LogP contribution in [-0.2, 0) is 13.1 Å². The molecule has 0 N–H and O–H groups in total. The van der Waals surface area contributed by atoms with Gasteiger partial charge in [-0.1, -0.05) is 55.9 Å². The molecule has 1 aromatic carbocycles. The summed E-state index contributed by atoms with van der Waals surface area (Å²) >= 11 is 3.38. The van der Waals surface area contributed by atoms with Crippen LogP contribution in [0.2, 0.25) is 0 Å². The van der Waals surface area contributed by atoms with E-state index in [0.29, 0.717) is 18.8 Å². The molecule has 0 radical (unpaired) electrons. The number of hydrogen-bond donors (Lipinski definition) is 0. The van der Waals surface area contributed by atoms with Crippen LogP contribution in [0, 0.1) is 11.8 Å². The fourth-order valence-corrected chi connectivity index (χ4v) is 5.53. The van der Waals surface area contributed by atoms with E-state index in [2.05, 4.69) is 47.3 Å². The first kappa shape index (κ1) is 19.0. The van der Waals surface area contributed by atoms with Gasteiger partial charge in [0.1, 0.15) is 5.01 Å². The number of rotatable bonds is 6. The molecule has 27 heavy (non-hydrogen) atoms. The molecule has 2 aliphatic rings. The number of ether oxygens (including phenoxy) is 2. The summed E-state index contributed by atoms with van der Waals surface area (Å²) < 4.78 is 12.1. The highest BCUT2D eigenvalue weighted by Gasteiger charge is 2.32. The molecule has 0 bridgehead atoms. The average molecular weight is 406 g/mol. The van der Waals surface area contributed by atoms with Crippen LogP contribution < -0.4 is 9.47 Å². The minimum atomic E-state index is 0.321. The first-order valence-electron chi connectivity index (χ1n) is 9.63. The molecule has 1 saturated carbocycles. The minimum Gasteiger partial charge on any atom is -0.454 e. The van der Waals surface area contributed by atoms with Gasteiger partial charge in [0, 0.05) is 12.6 Å². The lowest BCUT2D eigenvalue weighted by atomic mass is 9.77. The standard InChI is InChI=1S/C20H27N3O2S2/c1-13-5-4-6-16(14(13)2)23(11-19-21-22-20(26-3)27-19)10-15-7-8-17-18(9-15)25-12-24-17/h7-9,13-14,16H,4-6,10-12H2,1-3H3. The molecule has 3 unspecified atom stereocenters. The third kappa shape index (κ3) is 4.25. The Morgan fingerprint density at radius 1 is 1.15 bits per heavy atom. The molecule has 2 heterocycles. The third-order valence-electron chi connectivity index (χ3n) is 5.92. The molecule has 5 nitrogen and oxygen atoms in total. The van der Waals surface area contributed by atoms with E-state index in [1.54, 1.807) is 23.1 Å². The lowest BCUT2D eigenvalue weighted by Gasteiger charge is -2.41. The van der Waals surface area contributed by atoms with Crippen molar-refractivity contribution in [3.63, 3.8) is 0 Å². The second kappa shape index (κ2) is 8.37. The Bertz CT molecular complexity index is 782. The van der Waals surface area contributed by atoms with Crippen molar-refractivity contribution in [1.82, 2.24) is 15.1 Å². The van der Waals surface area contributed by atoms with E-state index in [1.807, 2.05) is 6.07 Å². The highest BCUT2D eigenvalue weighted by Crippen LogP contribution is 2.37. The van der Waals surface area contributed by atoms with Crippen molar-refractivity contribution >= 4 is 23.1 Å². The maximum absolute atomic E-state index is 5.58. The molecular weight excluding hydrogens is 378 g/mol. The summed E-state index contributed by atoms with van der Waals surface area (Å²) in [7, 11) is 0. The molecule has 0 spiro atoms. The number of hydrogen-bond acceptors (Lipinski definition) is 7. The minimum absolute atomic E-state index is 0.321. The lowest BCUT2D eigenvalue weighted by molar-refractivity contribution is 0.0683. The van der Waals surface area contributed by atoms with Crippen LogP contribution in [-0.4, -0.2) is 34.2 Å². The van der Waals surface area contributed by atoms with E-state index < -0.39 is 0 Å². The highest BCUT2D eigenvalue weighted by atomic mass is 32.2. The summed E-state index contributed by atoms with van der Waals surface area (Å²) in [5.41, 5.74) is 1.26. The Labute approximate surface area is 169 Å². The van der Waals surface area contributed by atoms with Crippen LogP contribution in [0.5, 0.6) is 11.5 Å². The van der Waals surface area contributed by atoms with E-state index >= 15 is 0 Å². The maximum atomic E-state index is 5.58. The van der Waals surface area contributed by atoms with Crippen LogP contribution >= 0.6 is 23.1 Å². The van der Waals surface area contributed by atoms with Gasteiger partial charge < -0.3 is 9.47 Å². The zero-order chi connectivity index (χ0) is 18.8. The molecule has 1 fully saturated rings. The Morgan fingerprint density at radius 2 is 2.00 bits per heavy atom. The normalized spacial score (nSPS) is 24.5. The second-order valence-corrected chi connectivity index (χ2v) is 9.71. The molecule has 4 rings (SSSR count). The van der Waals surface area contributed by atoms with Gasteiger partial charge in [-0.25, -0.2) is 0 Å². The van der Waals surface area contributed by atoms with Crippen LogP contribution in [0.25, 0.3) is 0 Å². The second-order valence-electron chi connectivity index (χ2n) is 7.59. The first-order valence-corrected chi connectivity index (χ1v) is 11.7. The first-order chi connectivity index (χ1) is 13.1. The average Bonchev–Trinajstić information content (AvgIpc) is 3.32. The molecule has 7 heteroatoms. The van der Waals surface area contributed by atoms with E-state index in [4.69, 9.17) is 9.47 Å². The van der Waals surface area contributed by atoms with Crippen molar-refractivity contribution < 1.29 is 9.47 Å². The fraction of sp³-hybridized carbons (Fsp3) is 0.600. The smallest absolute Gasteiger partial charge is 0.231 e. The fourth-order valence-electron chi connectivity index (χ4n) is 4.19. The Balaban J connectivity index is 1.56. The highest BCUT2D eigenvalue weighted by molar-refractivity contribution is 8.00. The summed E-state index contributed by atoms with van der Waals surface area (Å²) in [6.45, 7) is 6.88. The molecular formula is C20H27N3O2S2. The summed E-state index contributed by atoms with van der Waals surface area (Å²) in [6.07, 6.45) is 5.95. The number of thioether (sulfide) groups is 1. The SMILES string of the molecule is CSc1nnc(CN(Cc2ccc3c(c2)OCO3)C2CCCC(C)C2C)s1. The summed E-state index contributed by atoms with van der Waals surface area (Å²) in [4.78, 5) is 2.60. The predicted molar refractivity (Wildman–Crippen MR) is 109 cm³/mol. The van der Waals surface area contributed by atoms with Crippen LogP contribution in [0.3, 0.4) is 0 Å². The van der Waals surface area contributed by atoms with Crippen LogP contribution in [0.4, 0.5) is 0 Å². The topological polar surface area (TPSA) is 47.5 Å². The van der Waals surface area contributed by atoms with Gasteiger partial charge in [0.05, 0.1) is 6.54 Å². The molecule has 146 valence electrons. The van der Waals surface area contributed by atoms with Gasteiger partial charge in [-0.3, -0.25) is 4.90 Å². The number of nitrogens with zero attached hydrogens (tertiary/aromatic N) is 3. The molecule has 0 saturated heterocycles. The van der Waals surface area contributed by atoms with Gasteiger partial charge >= 0.3 is 0 Å². The summed E-state index contributed by atoms with van der Waals surface area (Å²) in [5.74, 6) is 3.15. The largest absolute Gasteiger partial charge is 0.454 e. The van der Waals surface area contributed by atoms with Gasteiger partial charge in [0.25, 0.3) is 0 Å². The zero-order valence-electron chi connectivity index (χ0n) is 16.2. The van der Waals surface area contributed by atoms with Crippen molar-refractivity contribution in [3.05, 3.63) is 28.8 Å². The Morgan fingerprint density at radius 3 is 2.81 bits per heavy atom. The Hall–Kier alpha value is -1.31. The van der Waals surface area contributed by atoms with Gasteiger partial charge in [0.2, 0.25) is 6.79 Å². The van der Waals surface area contributed by atoms with E-state index in [0.717, 1.165) is 39.9 Å². The van der Waals surface area contributed by atoms with E-state index in [-0.39, 0.29) is 0 Å². The van der Waals surface area contributed by atoms with Gasteiger partial charge in [0.15, 0.2) is 15.8 Å². The van der Waals surface area contributed by atoms with Gasteiger partial charge in [-0.05, 0) is 42.2 Å². The quantitative estimate of drug-likeness (QED) is 0.643. The Kier molecular flexibility index (Phi) is 5.90. The molecule has 0 amide bonds. The third-order valence-corrected chi connectivity index (χ3v) is 7.80. The number of benzene rings is 1. The van der Waals surface area contributed by atoms with Crippen LogP contribution in [0.15, 0.2) is 22.5 Å². The molecule has 1 aliphatic heterocycles. The summed E-state index contributed by atoms with van der Waals surface area (Å²) in [5, 5.41) is 9.82. The molecule has 2 aromatic rings. The predicted octanol–water partition coefficient (Wildman–Crippen LogP) is 4.82. The monoisotopic (exact) mass is 405 g/mol. The van der Waals surface area contributed by atoms with Crippen molar-refractivity contribution in [1.29, 1.82) is 0 Å². The van der Waals surface area contributed by atoms with E-state index in [1.165, 1.54) is 24.8 Å². The number of fused-ring (bicyclic) bond motifs is 1. The van der Waals surface area contributed by atoms with Crippen molar-refractivity contribution in [3.8, 4) is 11.5 Å². The maximum Gasteiger partial charge on any atom is 0.231 e. The zero-order valence-corrected chi connectivity index (χ0v) is 17.8. The van der Waals surface area contributed by atoms with Gasteiger partial charge in [-0.15, -0.1) is 10.2 Å². The lowest BCUT2D eigenvalue weighted by Crippen LogP contribution is -2.43. The molecule has 3 atom stereocenters. The van der Waals surface area contributed by atoms with Crippen LogP contribution in [0.1, 0.15) is 43.7 Å². The molecule has 1 aliphatic carbocycles. The van der Waals surface area contributed by atoms with Gasteiger partial charge in [-0.2, -0.15) is 0 Å². The van der Waals surface area contributed by atoms with Crippen molar-refractivity contribution in [2.24, 2.45) is 11.8 Å². The summed E-state index contributed by atoms with van der Waals surface area (Å²) in [6, 6.07) is 6.88. The van der Waals surface area contributed by atoms with E-state index in [9.17, 15) is 0 Å². The van der Waals surface area contributed by atoms with Crippen molar-refractivity contribution in [2.75, 3.05) is 13.0 Å².